The van der Waals surface area contributed by atoms with Gasteiger partial charge in [-0.15, -0.1) is 0 Å². The number of esters is 1. The standard InChI is InChI=1S/C22H27NO4/c1-5-26-19-12-7-6-10-18(19)14-27-22(25)20(15(2)3)23-21(24)17-11-8-9-16(4)13-17/h6-13,15,20H,5,14H2,1-4H3,(H,23,24). The van der Waals surface area contributed by atoms with Gasteiger partial charge in [-0.1, -0.05) is 49.7 Å². The Morgan fingerprint density at radius 3 is 2.48 bits per heavy atom. The van der Waals surface area contributed by atoms with Crippen molar-refractivity contribution in [2.75, 3.05) is 6.61 Å². The number of benzene rings is 2. The quantitative estimate of drug-likeness (QED) is 0.717. The van der Waals surface area contributed by atoms with Gasteiger partial charge in [-0.05, 0) is 38.0 Å². The highest BCUT2D eigenvalue weighted by Gasteiger charge is 2.26. The first-order valence-electron chi connectivity index (χ1n) is 9.17. The Morgan fingerprint density at radius 1 is 1.07 bits per heavy atom. The summed E-state index contributed by atoms with van der Waals surface area (Å²) >= 11 is 0. The Balaban J connectivity index is 2.04. The molecule has 0 spiro atoms. The topological polar surface area (TPSA) is 64.6 Å². The van der Waals surface area contributed by atoms with Crippen LogP contribution in [0.2, 0.25) is 0 Å². The Hall–Kier alpha value is -2.82. The number of hydrogen-bond acceptors (Lipinski definition) is 4. The van der Waals surface area contributed by atoms with Gasteiger partial charge in [-0.25, -0.2) is 4.79 Å². The van der Waals surface area contributed by atoms with Crippen LogP contribution in [0.1, 0.15) is 42.3 Å². The van der Waals surface area contributed by atoms with Gasteiger partial charge in [-0.3, -0.25) is 4.79 Å². The third kappa shape index (κ3) is 5.84. The van der Waals surface area contributed by atoms with Gasteiger partial charge in [0.05, 0.1) is 6.61 Å². The first-order valence-corrected chi connectivity index (χ1v) is 9.17. The normalized spacial score (nSPS) is 11.7. The molecule has 2 rings (SSSR count). The molecule has 0 radical (unpaired) electrons. The van der Waals surface area contributed by atoms with Crippen molar-refractivity contribution in [3.05, 3.63) is 65.2 Å². The largest absolute Gasteiger partial charge is 0.493 e. The molecule has 0 aliphatic heterocycles. The summed E-state index contributed by atoms with van der Waals surface area (Å²) in [6.07, 6.45) is 0. The molecule has 0 aromatic heterocycles. The Kier molecular flexibility index (Phi) is 7.41. The van der Waals surface area contributed by atoms with Crippen LogP contribution in [0.4, 0.5) is 0 Å². The fourth-order valence-electron chi connectivity index (χ4n) is 2.67. The van der Waals surface area contributed by atoms with Crippen LogP contribution in [-0.4, -0.2) is 24.5 Å². The fourth-order valence-corrected chi connectivity index (χ4v) is 2.67. The zero-order valence-corrected chi connectivity index (χ0v) is 16.3. The predicted molar refractivity (Wildman–Crippen MR) is 105 cm³/mol. The van der Waals surface area contributed by atoms with E-state index in [1.807, 2.05) is 64.1 Å². The lowest BCUT2D eigenvalue weighted by atomic mass is 10.0. The number of carbonyl (C=O) groups excluding carboxylic acids is 2. The van der Waals surface area contributed by atoms with Crippen molar-refractivity contribution >= 4 is 11.9 Å². The van der Waals surface area contributed by atoms with Crippen LogP contribution in [0.25, 0.3) is 0 Å². The van der Waals surface area contributed by atoms with Crippen molar-refractivity contribution in [1.82, 2.24) is 5.32 Å². The maximum absolute atomic E-state index is 12.6. The van der Waals surface area contributed by atoms with Gasteiger partial charge in [-0.2, -0.15) is 0 Å². The highest BCUT2D eigenvalue weighted by molar-refractivity contribution is 5.97. The van der Waals surface area contributed by atoms with E-state index in [2.05, 4.69) is 5.32 Å². The minimum atomic E-state index is -0.725. The molecule has 2 aromatic rings. The van der Waals surface area contributed by atoms with E-state index in [9.17, 15) is 9.59 Å². The summed E-state index contributed by atoms with van der Waals surface area (Å²) in [4.78, 5) is 25.1. The van der Waals surface area contributed by atoms with Gasteiger partial charge in [0.15, 0.2) is 0 Å². The summed E-state index contributed by atoms with van der Waals surface area (Å²) in [6.45, 7) is 8.19. The SMILES string of the molecule is CCOc1ccccc1COC(=O)C(NC(=O)c1cccc(C)c1)C(C)C. The third-order valence-corrected chi connectivity index (χ3v) is 4.13. The van der Waals surface area contributed by atoms with Gasteiger partial charge in [0.25, 0.3) is 5.91 Å². The summed E-state index contributed by atoms with van der Waals surface area (Å²) in [6, 6.07) is 14.0. The lowest BCUT2D eigenvalue weighted by Crippen LogP contribution is -2.45. The van der Waals surface area contributed by atoms with Gasteiger partial charge in [0.2, 0.25) is 0 Å². The first-order chi connectivity index (χ1) is 12.9. The van der Waals surface area contributed by atoms with Crippen LogP contribution in [0.3, 0.4) is 0 Å². The molecule has 5 nitrogen and oxygen atoms in total. The number of ether oxygens (including phenoxy) is 2. The van der Waals surface area contributed by atoms with E-state index in [4.69, 9.17) is 9.47 Å². The van der Waals surface area contributed by atoms with Crippen molar-refractivity contribution in [2.45, 2.75) is 40.3 Å². The van der Waals surface area contributed by atoms with Gasteiger partial charge in [0.1, 0.15) is 18.4 Å². The Bertz CT molecular complexity index is 785. The number of nitrogens with one attached hydrogen (secondary N) is 1. The Labute approximate surface area is 160 Å². The molecule has 0 saturated heterocycles. The van der Waals surface area contributed by atoms with E-state index in [-0.39, 0.29) is 18.4 Å². The van der Waals surface area contributed by atoms with Gasteiger partial charge in [0, 0.05) is 11.1 Å². The second-order valence-electron chi connectivity index (χ2n) is 6.71. The van der Waals surface area contributed by atoms with Crippen molar-refractivity contribution in [1.29, 1.82) is 0 Å². The molecule has 0 bridgehead atoms. The number of aryl methyl sites for hydroxylation is 1. The molecule has 0 saturated carbocycles. The predicted octanol–water partition coefficient (Wildman–Crippen LogP) is 3.89. The number of amides is 1. The number of carbonyl (C=O) groups is 2. The molecule has 2 aromatic carbocycles. The van der Waals surface area contributed by atoms with E-state index < -0.39 is 12.0 Å². The summed E-state index contributed by atoms with van der Waals surface area (Å²) in [7, 11) is 0. The van der Waals surface area contributed by atoms with E-state index in [0.717, 1.165) is 11.1 Å². The zero-order valence-electron chi connectivity index (χ0n) is 16.3. The lowest BCUT2D eigenvalue weighted by Gasteiger charge is -2.21. The van der Waals surface area contributed by atoms with Crippen LogP contribution in [0.15, 0.2) is 48.5 Å². The summed E-state index contributed by atoms with van der Waals surface area (Å²) in [5, 5.41) is 2.79. The molecular weight excluding hydrogens is 342 g/mol. The molecule has 5 heteroatoms. The second-order valence-corrected chi connectivity index (χ2v) is 6.71. The van der Waals surface area contributed by atoms with Crippen LogP contribution in [-0.2, 0) is 16.1 Å². The van der Waals surface area contributed by atoms with Crippen molar-refractivity contribution in [3.63, 3.8) is 0 Å². The summed E-state index contributed by atoms with van der Waals surface area (Å²) < 4.78 is 11.0. The first kappa shape index (κ1) is 20.5. The summed E-state index contributed by atoms with van der Waals surface area (Å²) in [5.74, 6) is -0.160. The molecule has 1 atom stereocenters. The van der Waals surface area contributed by atoms with E-state index >= 15 is 0 Å². The van der Waals surface area contributed by atoms with E-state index in [1.165, 1.54) is 0 Å². The van der Waals surface area contributed by atoms with E-state index in [1.54, 1.807) is 12.1 Å². The van der Waals surface area contributed by atoms with Crippen molar-refractivity contribution < 1.29 is 19.1 Å². The van der Waals surface area contributed by atoms with Crippen LogP contribution >= 0.6 is 0 Å². The van der Waals surface area contributed by atoms with Gasteiger partial charge < -0.3 is 14.8 Å². The molecule has 1 unspecified atom stereocenters. The molecule has 144 valence electrons. The number of para-hydroxylation sites is 1. The average molecular weight is 369 g/mol. The van der Waals surface area contributed by atoms with Crippen LogP contribution < -0.4 is 10.1 Å². The monoisotopic (exact) mass is 369 g/mol. The second kappa shape index (κ2) is 9.76. The number of rotatable bonds is 8. The molecule has 0 heterocycles. The van der Waals surface area contributed by atoms with Gasteiger partial charge >= 0.3 is 5.97 Å². The maximum atomic E-state index is 12.6. The molecule has 1 N–H and O–H groups in total. The van der Waals surface area contributed by atoms with Crippen LogP contribution in [0, 0.1) is 12.8 Å². The third-order valence-electron chi connectivity index (χ3n) is 4.13. The number of hydrogen-bond donors (Lipinski definition) is 1. The average Bonchev–Trinajstić information content (AvgIpc) is 2.65. The van der Waals surface area contributed by atoms with Crippen molar-refractivity contribution in [2.24, 2.45) is 5.92 Å². The lowest BCUT2D eigenvalue weighted by molar-refractivity contribution is -0.148. The van der Waals surface area contributed by atoms with E-state index in [0.29, 0.717) is 17.9 Å². The summed E-state index contributed by atoms with van der Waals surface area (Å²) in [5.41, 5.74) is 2.30. The molecule has 1 amide bonds. The molecular formula is C22H27NO4. The Morgan fingerprint density at radius 2 is 1.81 bits per heavy atom. The molecule has 0 aliphatic carbocycles. The smallest absolute Gasteiger partial charge is 0.329 e. The minimum Gasteiger partial charge on any atom is -0.493 e. The minimum absolute atomic E-state index is 0.0958. The molecule has 0 aliphatic rings. The highest BCUT2D eigenvalue weighted by Crippen LogP contribution is 2.19. The highest BCUT2D eigenvalue weighted by atomic mass is 16.5. The maximum Gasteiger partial charge on any atom is 0.329 e. The van der Waals surface area contributed by atoms with Crippen molar-refractivity contribution in [3.8, 4) is 5.75 Å². The van der Waals surface area contributed by atoms with Crippen LogP contribution in [0.5, 0.6) is 5.75 Å². The fraction of sp³-hybridized carbons (Fsp3) is 0.364. The molecule has 0 fully saturated rings. The zero-order chi connectivity index (χ0) is 19.8. The molecule has 27 heavy (non-hydrogen) atoms.